The van der Waals surface area contributed by atoms with Crippen LogP contribution in [-0.2, 0) is 14.8 Å². The Morgan fingerprint density at radius 2 is 1.59 bits per heavy atom. The molecule has 172 valence electrons. The largest absolute Gasteiger partial charge is 0.367 e. The van der Waals surface area contributed by atoms with E-state index in [2.05, 4.69) is 4.90 Å². The van der Waals surface area contributed by atoms with E-state index in [9.17, 15) is 13.2 Å². The molecular weight excluding hydrogens is 446 g/mol. The topological polar surface area (TPSA) is 60.9 Å². The zero-order chi connectivity index (χ0) is 22.9. The highest BCUT2D eigenvalue weighted by molar-refractivity contribution is 7.89. The Morgan fingerprint density at radius 3 is 2.22 bits per heavy atom. The lowest BCUT2D eigenvalue weighted by Gasteiger charge is -2.39. The van der Waals surface area contributed by atoms with Crippen LogP contribution in [0.15, 0.2) is 47.4 Å². The Balaban J connectivity index is 1.33. The van der Waals surface area contributed by atoms with Gasteiger partial charge in [-0.25, -0.2) is 8.42 Å². The van der Waals surface area contributed by atoms with Gasteiger partial charge in [0.25, 0.3) is 0 Å². The number of para-hydroxylation sites is 1. The van der Waals surface area contributed by atoms with Gasteiger partial charge in [-0.05, 0) is 50.5 Å². The number of benzene rings is 2. The van der Waals surface area contributed by atoms with Crippen molar-refractivity contribution < 1.29 is 13.2 Å². The first-order chi connectivity index (χ1) is 15.3. The summed E-state index contributed by atoms with van der Waals surface area (Å²) < 4.78 is 27.8. The van der Waals surface area contributed by atoms with E-state index in [0.717, 1.165) is 34.9 Å². The predicted molar refractivity (Wildman–Crippen MR) is 128 cm³/mol. The Hall–Kier alpha value is -2.09. The number of piperazine rings is 1. The minimum Gasteiger partial charge on any atom is -0.367 e. The van der Waals surface area contributed by atoms with Gasteiger partial charge in [0.1, 0.15) is 0 Å². The summed E-state index contributed by atoms with van der Waals surface area (Å²) in [5.74, 6) is 0.0276. The quantitative estimate of drug-likeness (QED) is 0.676. The highest BCUT2D eigenvalue weighted by Gasteiger charge is 2.35. The second-order valence-corrected chi connectivity index (χ2v) is 11.0. The first-order valence-electron chi connectivity index (χ1n) is 11.1. The van der Waals surface area contributed by atoms with Gasteiger partial charge in [-0.2, -0.15) is 4.31 Å². The van der Waals surface area contributed by atoms with Crippen LogP contribution in [0.2, 0.25) is 5.02 Å². The predicted octanol–water partition coefficient (Wildman–Crippen LogP) is 3.71. The number of piperidine rings is 1. The molecule has 2 aromatic rings. The number of aryl methyl sites for hydroxylation is 2. The zero-order valence-corrected chi connectivity index (χ0v) is 20.2. The van der Waals surface area contributed by atoms with Crippen molar-refractivity contribution in [1.29, 1.82) is 0 Å². The van der Waals surface area contributed by atoms with Crippen LogP contribution in [-0.4, -0.2) is 62.8 Å². The molecule has 0 aliphatic carbocycles. The molecule has 32 heavy (non-hydrogen) atoms. The van der Waals surface area contributed by atoms with Crippen molar-refractivity contribution in [2.75, 3.05) is 44.2 Å². The number of nitrogens with zero attached hydrogens (tertiary/aromatic N) is 3. The number of rotatable bonds is 4. The number of carbonyl (C=O) groups excluding carboxylic acids is 1. The van der Waals surface area contributed by atoms with E-state index in [1.807, 2.05) is 55.1 Å². The molecule has 0 radical (unpaired) electrons. The van der Waals surface area contributed by atoms with E-state index in [-0.39, 0.29) is 11.8 Å². The highest BCUT2D eigenvalue weighted by atomic mass is 35.5. The monoisotopic (exact) mass is 475 g/mol. The van der Waals surface area contributed by atoms with Gasteiger partial charge >= 0.3 is 0 Å². The third kappa shape index (κ3) is 4.65. The summed E-state index contributed by atoms with van der Waals surface area (Å²) in [5.41, 5.74) is 2.81. The summed E-state index contributed by atoms with van der Waals surface area (Å²) in [6.45, 7) is 7.35. The maximum absolute atomic E-state index is 13.1. The van der Waals surface area contributed by atoms with Gasteiger partial charge in [0.2, 0.25) is 15.9 Å². The molecule has 1 amide bonds. The van der Waals surface area contributed by atoms with Crippen LogP contribution in [0.25, 0.3) is 0 Å². The second-order valence-electron chi connectivity index (χ2n) is 8.71. The molecule has 0 atom stereocenters. The molecule has 0 bridgehead atoms. The summed E-state index contributed by atoms with van der Waals surface area (Å²) in [5, 5.41) is 0.727. The average molecular weight is 476 g/mol. The lowest BCUT2D eigenvalue weighted by molar-refractivity contribution is -0.137. The van der Waals surface area contributed by atoms with Crippen molar-refractivity contribution in [3.63, 3.8) is 0 Å². The van der Waals surface area contributed by atoms with Crippen LogP contribution >= 0.6 is 11.6 Å². The normalized spacial score (nSPS) is 18.7. The molecule has 8 heteroatoms. The molecule has 6 nitrogen and oxygen atoms in total. The Labute approximate surface area is 195 Å². The number of hydrogen-bond acceptors (Lipinski definition) is 4. The highest BCUT2D eigenvalue weighted by Crippen LogP contribution is 2.29. The molecular formula is C24H30ClN3O3S. The van der Waals surface area contributed by atoms with Gasteiger partial charge in [-0.1, -0.05) is 41.4 Å². The Kier molecular flexibility index (Phi) is 6.79. The van der Waals surface area contributed by atoms with Crippen LogP contribution in [0, 0.1) is 19.8 Å². The average Bonchev–Trinajstić information content (AvgIpc) is 2.79. The van der Waals surface area contributed by atoms with Crippen LogP contribution in [0.3, 0.4) is 0 Å². The zero-order valence-electron chi connectivity index (χ0n) is 18.6. The fourth-order valence-corrected chi connectivity index (χ4v) is 6.64. The molecule has 0 N–H and O–H groups in total. The smallest absolute Gasteiger partial charge is 0.243 e. The standard InChI is InChI=1S/C24H30ClN3O3S/c1-18-7-8-23(19(2)17-18)32(30,31)28-11-9-20(10-12-28)24(29)27-15-13-26(14-16-27)22-6-4-3-5-21(22)25/h3-8,17,20H,9-16H2,1-2H3. The number of hydrogen-bond donors (Lipinski definition) is 0. The van der Waals surface area contributed by atoms with Crippen LogP contribution < -0.4 is 4.90 Å². The summed E-state index contributed by atoms with van der Waals surface area (Å²) in [6.07, 6.45) is 1.13. The van der Waals surface area contributed by atoms with Crippen molar-refractivity contribution in [2.45, 2.75) is 31.6 Å². The Bertz CT molecular complexity index is 1090. The first kappa shape index (κ1) is 23.1. The number of sulfonamides is 1. The lowest BCUT2D eigenvalue weighted by atomic mass is 9.96. The molecule has 0 unspecified atom stereocenters. The van der Waals surface area contributed by atoms with E-state index < -0.39 is 10.0 Å². The lowest BCUT2D eigenvalue weighted by Crippen LogP contribution is -2.52. The van der Waals surface area contributed by atoms with Crippen LogP contribution in [0.4, 0.5) is 5.69 Å². The minimum absolute atomic E-state index is 0.118. The number of anilines is 1. The van der Waals surface area contributed by atoms with Gasteiger partial charge < -0.3 is 9.80 Å². The van der Waals surface area contributed by atoms with E-state index in [0.29, 0.717) is 43.9 Å². The molecule has 0 spiro atoms. The van der Waals surface area contributed by atoms with Gasteiger partial charge in [0.05, 0.1) is 15.6 Å². The van der Waals surface area contributed by atoms with Crippen molar-refractivity contribution in [2.24, 2.45) is 5.92 Å². The van der Waals surface area contributed by atoms with Gasteiger partial charge in [0, 0.05) is 45.2 Å². The van der Waals surface area contributed by atoms with Crippen molar-refractivity contribution in [3.05, 3.63) is 58.6 Å². The third-order valence-electron chi connectivity index (χ3n) is 6.54. The molecule has 2 aliphatic rings. The molecule has 2 aliphatic heterocycles. The number of carbonyl (C=O) groups is 1. The van der Waals surface area contributed by atoms with E-state index in [4.69, 9.17) is 11.6 Å². The molecule has 0 saturated carbocycles. The van der Waals surface area contributed by atoms with Crippen molar-refractivity contribution in [1.82, 2.24) is 9.21 Å². The van der Waals surface area contributed by atoms with Crippen LogP contribution in [0.5, 0.6) is 0 Å². The van der Waals surface area contributed by atoms with Gasteiger partial charge in [-0.15, -0.1) is 0 Å². The van der Waals surface area contributed by atoms with Crippen molar-refractivity contribution in [3.8, 4) is 0 Å². The van der Waals surface area contributed by atoms with Gasteiger partial charge in [-0.3, -0.25) is 4.79 Å². The summed E-state index contributed by atoms with van der Waals surface area (Å²) in [7, 11) is -3.54. The number of halogens is 1. The molecule has 2 saturated heterocycles. The molecule has 2 heterocycles. The summed E-state index contributed by atoms with van der Waals surface area (Å²) in [4.78, 5) is 17.6. The Morgan fingerprint density at radius 1 is 0.938 bits per heavy atom. The van der Waals surface area contributed by atoms with Crippen LogP contribution in [0.1, 0.15) is 24.0 Å². The minimum atomic E-state index is -3.54. The molecule has 2 fully saturated rings. The first-order valence-corrected chi connectivity index (χ1v) is 12.9. The van der Waals surface area contributed by atoms with E-state index in [1.165, 1.54) is 4.31 Å². The second kappa shape index (κ2) is 9.41. The maximum Gasteiger partial charge on any atom is 0.243 e. The molecule has 4 rings (SSSR count). The fraction of sp³-hybridized carbons (Fsp3) is 0.458. The number of amides is 1. The van der Waals surface area contributed by atoms with Crippen molar-refractivity contribution >= 4 is 33.2 Å². The van der Waals surface area contributed by atoms with Gasteiger partial charge in [0.15, 0.2) is 0 Å². The fourth-order valence-electron chi connectivity index (χ4n) is 4.71. The summed E-state index contributed by atoms with van der Waals surface area (Å²) in [6, 6.07) is 13.2. The molecule has 2 aromatic carbocycles. The SMILES string of the molecule is Cc1ccc(S(=O)(=O)N2CCC(C(=O)N3CCN(c4ccccc4Cl)CC3)CC2)c(C)c1. The summed E-state index contributed by atoms with van der Waals surface area (Å²) >= 11 is 6.31. The third-order valence-corrected chi connectivity index (χ3v) is 8.91. The molecule has 0 aromatic heterocycles. The van der Waals surface area contributed by atoms with E-state index >= 15 is 0 Å². The maximum atomic E-state index is 13.1. The van der Waals surface area contributed by atoms with E-state index in [1.54, 1.807) is 6.07 Å².